The van der Waals surface area contributed by atoms with Gasteiger partial charge in [0, 0.05) is 33.5 Å². The number of nitrogens with zero attached hydrogens (tertiary/aromatic N) is 1. The molecule has 2 atom stereocenters. The Kier molecular flexibility index (Phi) is 5.49. The standard InChI is InChI=1S/C25H27NO3S/c1-15-10-11-20(30-15)23-21(24(28)29-14-17-8-6-5-7-9-17)16(2)26-18-12-25(3,4)13-19(27)22(18)23/h5-11,22-23H,12-14H2,1-4H3/t22?,23-/m1/s1. The van der Waals surface area contributed by atoms with E-state index in [1.165, 1.54) is 0 Å². The molecule has 1 unspecified atom stereocenters. The number of allylic oxidation sites excluding steroid dienone is 1. The van der Waals surface area contributed by atoms with E-state index in [9.17, 15) is 9.59 Å². The Labute approximate surface area is 181 Å². The first-order chi connectivity index (χ1) is 14.2. The number of rotatable bonds is 4. The summed E-state index contributed by atoms with van der Waals surface area (Å²) in [7, 11) is 0. The van der Waals surface area contributed by atoms with Gasteiger partial charge in [-0.3, -0.25) is 9.79 Å². The smallest absolute Gasteiger partial charge is 0.336 e. The van der Waals surface area contributed by atoms with E-state index in [1.54, 1.807) is 11.3 Å². The lowest BCUT2D eigenvalue weighted by atomic mass is 9.64. The normalized spacial score (nSPS) is 23.1. The Hall–Kier alpha value is -2.53. The van der Waals surface area contributed by atoms with Crippen molar-refractivity contribution in [2.45, 2.75) is 53.1 Å². The van der Waals surface area contributed by atoms with Crippen LogP contribution in [-0.2, 0) is 20.9 Å². The molecule has 1 fully saturated rings. The Bertz CT molecular complexity index is 1050. The minimum Gasteiger partial charge on any atom is -0.457 e. The molecule has 30 heavy (non-hydrogen) atoms. The lowest BCUT2D eigenvalue weighted by Crippen LogP contribution is -2.43. The van der Waals surface area contributed by atoms with Crippen LogP contribution < -0.4 is 0 Å². The van der Waals surface area contributed by atoms with Crippen LogP contribution in [0, 0.1) is 18.3 Å². The molecular formula is C25H27NO3S. The number of Topliss-reactive ketones (excluding diaryl/α,β-unsaturated/α-hetero) is 1. The minimum absolute atomic E-state index is 0.103. The Morgan fingerprint density at radius 1 is 1.10 bits per heavy atom. The molecule has 1 aromatic heterocycles. The maximum Gasteiger partial charge on any atom is 0.336 e. The predicted molar refractivity (Wildman–Crippen MR) is 120 cm³/mol. The van der Waals surface area contributed by atoms with E-state index in [-0.39, 0.29) is 35.6 Å². The van der Waals surface area contributed by atoms with Crippen LogP contribution >= 0.6 is 11.3 Å². The van der Waals surface area contributed by atoms with Crippen LogP contribution in [0.25, 0.3) is 0 Å². The first-order valence-electron chi connectivity index (χ1n) is 10.3. The number of esters is 1. The van der Waals surface area contributed by atoms with Gasteiger partial charge in [0.1, 0.15) is 12.4 Å². The van der Waals surface area contributed by atoms with Crippen molar-refractivity contribution in [2.24, 2.45) is 16.3 Å². The highest BCUT2D eigenvalue weighted by Gasteiger charge is 2.48. The molecule has 1 aromatic carbocycles. The van der Waals surface area contributed by atoms with E-state index in [0.717, 1.165) is 27.5 Å². The Morgan fingerprint density at radius 2 is 1.83 bits per heavy atom. The van der Waals surface area contributed by atoms with Crippen molar-refractivity contribution >= 4 is 28.8 Å². The van der Waals surface area contributed by atoms with Gasteiger partial charge in [-0.05, 0) is 43.4 Å². The third kappa shape index (κ3) is 4.04. The van der Waals surface area contributed by atoms with Gasteiger partial charge in [-0.2, -0.15) is 0 Å². The van der Waals surface area contributed by atoms with E-state index in [4.69, 9.17) is 9.73 Å². The number of hydrogen-bond donors (Lipinski definition) is 0. The van der Waals surface area contributed by atoms with Crippen molar-refractivity contribution < 1.29 is 14.3 Å². The number of fused-ring (bicyclic) bond motifs is 1. The molecule has 0 radical (unpaired) electrons. The number of carbonyl (C=O) groups excluding carboxylic acids is 2. The van der Waals surface area contributed by atoms with Crippen molar-refractivity contribution in [1.82, 2.24) is 0 Å². The second kappa shape index (κ2) is 7.95. The van der Waals surface area contributed by atoms with Gasteiger partial charge in [0.15, 0.2) is 0 Å². The summed E-state index contributed by atoms with van der Waals surface area (Å²) in [6.45, 7) is 8.33. The van der Waals surface area contributed by atoms with Gasteiger partial charge in [-0.1, -0.05) is 44.2 Å². The number of thiophene rings is 1. The zero-order valence-corrected chi connectivity index (χ0v) is 18.7. The van der Waals surface area contributed by atoms with Gasteiger partial charge in [0.05, 0.1) is 11.5 Å². The van der Waals surface area contributed by atoms with Crippen molar-refractivity contribution in [2.75, 3.05) is 0 Å². The highest BCUT2D eigenvalue weighted by molar-refractivity contribution is 7.12. The second-order valence-electron chi connectivity index (χ2n) is 9.05. The fraction of sp³-hybridized carbons (Fsp3) is 0.400. The van der Waals surface area contributed by atoms with Crippen LogP contribution in [0.2, 0.25) is 0 Å². The first-order valence-corrected chi connectivity index (χ1v) is 11.2. The van der Waals surface area contributed by atoms with Gasteiger partial charge < -0.3 is 4.74 Å². The lowest BCUT2D eigenvalue weighted by molar-refractivity contribution is -0.140. The van der Waals surface area contributed by atoms with Crippen LogP contribution in [0.3, 0.4) is 0 Å². The number of benzene rings is 1. The topological polar surface area (TPSA) is 55.7 Å². The minimum atomic E-state index is -0.382. The SMILES string of the molecule is CC1=C(C(=O)OCc2ccccc2)[C@@H](c2ccc(C)s2)C2C(=O)CC(C)(C)CC2=N1. The van der Waals surface area contributed by atoms with Crippen LogP contribution in [0.4, 0.5) is 0 Å². The monoisotopic (exact) mass is 421 g/mol. The molecule has 0 amide bonds. The number of carbonyl (C=O) groups is 2. The molecule has 1 aliphatic carbocycles. The molecule has 2 heterocycles. The highest BCUT2D eigenvalue weighted by Crippen LogP contribution is 2.48. The summed E-state index contributed by atoms with van der Waals surface area (Å²) in [5.41, 5.74) is 2.93. The summed E-state index contributed by atoms with van der Waals surface area (Å²) < 4.78 is 5.68. The fourth-order valence-electron chi connectivity index (χ4n) is 4.59. The average Bonchev–Trinajstić information content (AvgIpc) is 3.11. The largest absolute Gasteiger partial charge is 0.457 e. The van der Waals surface area contributed by atoms with E-state index in [1.807, 2.05) is 56.3 Å². The van der Waals surface area contributed by atoms with Crippen molar-refractivity contribution in [3.63, 3.8) is 0 Å². The quantitative estimate of drug-likeness (QED) is 0.602. The Balaban J connectivity index is 1.72. The summed E-state index contributed by atoms with van der Waals surface area (Å²) in [4.78, 5) is 33.4. The molecule has 156 valence electrons. The average molecular weight is 422 g/mol. The molecule has 2 aliphatic rings. The summed E-state index contributed by atoms with van der Waals surface area (Å²) in [5, 5.41) is 0. The summed E-state index contributed by atoms with van der Waals surface area (Å²) in [6, 6.07) is 13.7. The maximum absolute atomic E-state index is 13.2. The molecule has 0 N–H and O–H groups in total. The molecule has 1 saturated carbocycles. The Morgan fingerprint density at radius 3 is 2.50 bits per heavy atom. The summed E-state index contributed by atoms with van der Waals surface area (Å²) >= 11 is 1.64. The maximum atomic E-state index is 13.2. The number of aliphatic imine (C=N–C) groups is 1. The van der Waals surface area contributed by atoms with E-state index in [0.29, 0.717) is 17.7 Å². The lowest BCUT2D eigenvalue weighted by Gasteiger charge is -2.40. The van der Waals surface area contributed by atoms with Crippen molar-refractivity contribution in [1.29, 1.82) is 0 Å². The van der Waals surface area contributed by atoms with Crippen molar-refractivity contribution in [3.05, 3.63) is 69.1 Å². The van der Waals surface area contributed by atoms with Crippen LogP contribution in [0.15, 0.2) is 58.7 Å². The van der Waals surface area contributed by atoms with Crippen molar-refractivity contribution in [3.8, 4) is 0 Å². The first kappa shape index (κ1) is 20.7. The number of hydrogen-bond acceptors (Lipinski definition) is 5. The molecule has 1 aliphatic heterocycles. The molecular weight excluding hydrogens is 394 g/mol. The second-order valence-corrected chi connectivity index (χ2v) is 10.4. The van der Waals surface area contributed by atoms with E-state index in [2.05, 4.69) is 13.8 Å². The third-order valence-corrected chi connectivity index (χ3v) is 6.95. The van der Waals surface area contributed by atoms with E-state index >= 15 is 0 Å². The number of ether oxygens (including phenoxy) is 1. The molecule has 4 rings (SSSR count). The van der Waals surface area contributed by atoms with Crippen LogP contribution in [-0.4, -0.2) is 17.5 Å². The molecule has 0 spiro atoms. The molecule has 4 nitrogen and oxygen atoms in total. The zero-order chi connectivity index (χ0) is 21.5. The van der Waals surface area contributed by atoms with Crippen LogP contribution in [0.5, 0.6) is 0 Å². The predicted octanol–water partition coefficient (Wildman–Crippen LogP) is 5.62. The van der Waals surface area contributed by atoms with E-state index < -0.39 is 0 Å². The molecule has 5 heteroatoms. The highest BCUT2D eigenvalue weighted by atomic mass is 32.1. The van der Waals surface area contributed by atoms with Gasteiger partial charge >= 0.3 is 5.97 Å². The molecule has 0 saturated heterocycles. The molecule has 0 bridgehead atoms. The summed E-state index contributed by atoms with van der Waals surface area (Å²) in [5.74, 6) is -0.906. The van der Waals surface area contributed by atoms with Gasteiger partial charge in [0.2, 0.25) is 0 Å². The van der Waals surface area contributed by atoms with Gasteiger partial charge in [0.25, 0.3) is 0 Å². The van der Waals surface area contributed by atoms with Crippen LogP contribution in [0.1, 0.15) is 54.8 Å². The number of ketones is 1. The molecule has 2 aromatic rings. The van der Waals surface area contributed by atoms with Gasteiger partial charge in [-0.15, -0.1) is 11.3 Å². The summed E-state index contributed by atoms with van der Waals surface area (Å²) in [6.07, 6.45) is 1.27. The zero-order valence-electron chi connectivity index (χ0n) is 17.9. The fourth-order valence-corrected chi connectivity index (χ4v) is 5.61. The third-order valence-electron chi connectivity index (χ3n) is 5.86. The van der Waals surface area contributed by atoms with Gasteiger partial charge in [-0.25, -0.2) is 4.79 Å². The number of aryl methyl sites for hydroxylation is 1.